The van der Waals surface area contributed by atoms with Crippen LogP contribution in [0.3, 0.4) is 0 Å². The van der Waals surface area contributed by atoms with Crippen LogP contribution >= 0.6 is 11.8 Å². The van der Waals surface area contributed by atoms with Crippen LogP contribution in [0.4, 0.5) is 0 Å². The van der Waals surface area contributed by atoms with Crippen molar-refractivity contribution in [3.05, 3.63) is 66.0 Å². The van der Waals surface area contributed by atoms with Crippen LogP contribution in [0, 0.1) is 0 Å². The van der Waals surface area contributed by atoms with E-state index in [1.54, 1.807) is 43.1 Å². The fraction of sp³-hybridized carbons (Fsp3) is 0.286. The van der Waals surface area contributed by atoms with E-state index in [1.807, 2.05) is 41.8 Å². The van der Waals surface area contributed by atoms with Gasteiger partial charge in [0, 0.05) is 17.9 Å². The molecular weight excluding hydrogens is 388 g/mol. The molecule has 3 rings (SSSR count). The van der Waals surface area contributed by atoms with Gasteiger partial charge in [0.15, 0.2) is 11.0 Å². The van der Waals surface area contributed by atoms with Crippen molar-refractivity contribution >= 4 is 17.7 Å². The van der Waals surface area contributed by atoms with Crippen LogP contribution < -0.4 is 14.8 Å². The summed E-state index contributed by atoms with van der Waals surface area (Å²) in [5.74, 6) is 2.88. The van der Waals surface area contributed by atoms with E-state index in [0.717, 1.165) is 29.0 Å². The minimum atomic E-state index is -0.163. The first-order valence-electron chi connectivity index (χ1n) is 9.36. The Kier molecular flexibility index (Phi) is 7.52. The standard InChI is InChI=1S/C21H24N4O3S/c1-3-25-19(15-22-20(26)16-9-11-17(27-2)12-10-16)23-24-21(25)29-14-13-28-18-7-5-4-6-8-18/h4-12H,3,13-15H2,1-2H3,(H,22,26). The average Bonchev–Trinajstić information content (AvgIpc) is 3.17. The van der Waals surface area contributed by atoms with Crippen LogP contribution in [0.5, 0.6) is 11.5 Å². The van der Waals surface area contributed by atoms with Crippen molar-refractivity contribution in [1.82, 2.24) is 20.1 Å². The number of rotatable bonds is 10. The van der Waals surface area contributed by atoms with Crippen LogP contribution in [0.1, 0.15) is 23.1 Å². The number of carbonyl (C=O) groups is 1. The van der Waals surface area contributed by atoms with Crippen molar-refractivity contribution < 1.29 is 14.3 Å². The maximum Gasteiger partial charge on any atom is 0.251 e. The van der Waals surface area contributed by atoms with Crippen molar-refractivity contribution in [2.24, 2.45) is 0 Å². The van der Waals surface area contributed by atoms with Gasteiger partial charge in [-0.25, -0.2) is 0 Å². The number of para-hydroxylation sites is 1. The number of benzene rings is 2. The Labute approximate surface area is 174 Å². The van der Waals surface area contributed by atoms with E-state index in [9.17, 15) is 4.79 Å². The summed E-state index contributed by atoms with van der Waals surface area (Å²) < 4.78 is 12.8. The predicted octanol–water partition coefficient (Wildman–Crippen LogP) is 3.41. The second-order valence-corrected chi connectivity index (χ2v) is 7.13. The van der Waals surface area contributed by atoms with Crippen LogP contribution in [-0.4, -0.2) is 40.1 Å². The molecule has 1 N–H and O–H groups in total. The molecule has 29 heavy (non-hydrogen) atoms. The van der Waals surface area contributed by atoms with Crippen LogP contribution in [0.15, 0.2) is 59.8 Å². The van der Waals surface area contributed by atoms with Crippen molar-refractivity contribution in [1.29, 1.82) is 0 Å². The lowest BCUT2D eigenvalue weighted by atomic mass is 10.2. The van der Waals surface area contributed by atoms with Gasteiger partial charge in [-0.3, -0.25) is 4.79 Å². The predicted molar refractivity (Wildman–Crippen MR) is 113 cm³/mol. The van der Waals surface area contributed by atoms with Gasteiger partial charge in [-0.15, -0.1) is 10.2 Å². The van der Waals surface area contributed by atoms with Crippen molar-refractivity contribution in [2.45, 2.75) is 25.2 Å². The third kappa shape index (κ3) is 5.74. The molecule has 1 amide bonds. The van der Waals surface area contributed by atoms with E-state index >= 15 is 0 Å². The third-order valence-corrected chi connectivity index (χ3v) is 5.13. The summed E-state index contributed by atoms with van der Waals surface area (Å²) in [6.07, 6.45) is 0. The maximum atomic E-state index is 12.3. The van der Waals surface area contributed by atoms with Gasteiger partial charge in [-0.1, -0.05) is 30.0 Å². The summed E-state index contributed by atoms with van der Waals surface area (Å²) in [6.45, 7) is 3.65. The second kappa shape index (κ2) is 10.5. The summed E-state index contributed by atoms with van der Waals surface area (Å²) in [4.78, 5) is 12.3. The highest BCUT2D eigenvalue weighted by Gasteiger charge is 2.13. The van der Waals surface area contributed by atoms with Gasteiger partial charge in [0.2, 0.25) is 0 Å². The molecule has 1 heterocycles. The Bertz CT molecular complexity index is 913. The molecule has 3 aromatic rings. The van der Waals surface area contributed by atoms with Gasteiger partial charge in [0.05, 0.1) is 20.3 Å². The zero-order valence-electron chi connectivity index (χ0n) is 16.5. The Morgan fingerprint density at radius 2 is 1.83 bits per heavy atom. The Hall–Kier alpha value is -3.00. The first kappa shape index (κ1) is 20.7. The highest BCUT2D eigenvalue weighted by molar-refractivity contribution is 7.99. The molecular formula is C21H24N4O3S. The largest absolute Gasteiger partial charge is 0.497 e. The summed E-state index contributed by atoms with van der Waals surface area (Å²) >= 11 is 1.58. The number of thioether (sulfide) groups is 1. The molecule has 0 saturated carbocycles. The summed E-state index contributed by atoms with van der Waals surface area (Å²) in [6, 6.07) is 16.7. The van der Waals surface area contributed by atoms with Crippen LogP contribution in [0.25, 0.3) is 0 Å². The number of nitrogens with zero attached hydrogens (tertiary/aromatic N) is 3. The lowest BCUT2D eigenvalue weighted by Crippen LogP contribution is -2.24. The number of amides is 1. The van der Waals surface area contributed by atoms with Crippen LogP contribution in [0.2, 0.25) is 0 Å². The Morgan fingerprint density at radius 1 is 1.07 bits per heavy atom. The molecule has 2 aromatic carbocycles. The monoisotopic (exact) mass is 412 g/mol. The van der Waals surface area contributed by atoms with Crippen molar-refractivity contribution in [3.8, 4) is 11.5 Å². The number of carbonyl (C=O) groups excluding carboxylic acids is 1. The average molecular weight is 413 g/mol. The van der Waals surface area contributed by atoms with Gasteiger partial charge in [-0.2, -0.15) is 0 Å². The van der Waals surface area contributed by atoms with Gasteiger partial charge in [-0.05, 0) is 43.3 Å². The Balaban J connectivity index is 1.51. The molecule has 152 valence electrons. The van der Waals surface area contributed by atoms with Gasteiger partial charge in [0.1, 0.15) is 11.5 Å². The van der Waals surface area contributed by atoms with Crippen molar-refractivity contribution in [3.63, 3.8) is 0 Å². The second-order valence-electron chi connectivity index (χ2n) is 6.06. The normalized spacial score (nSPS) is 10.6. The lowest BCUT2D eigenvalue weighted by molar-refractivity contribution is 0.0949. The van der Waals surface area contributed by atoms with E-state index < -0.39 is 0 Å². The molecule has 0 spiro atoms. The maximum absolute atomic E-state index is 12.3. The van der Waals surface area contributed by atoms with Crippen molar-refractivity contribution in [2.75, 3.05) is 19.5 Å². The number of hydrogen-bond donors (Lipinski definition) is 1. The lowest BCUT2D eigenvalue weighted by Gasteiger charge is -2.09. The summed E-state index contributed by atoms with van der Waals surface area (Å²) in [7, 11) is 1.59. The van der Waals surface area contributed by atoms with E-state index in [1.165, 1.54) is 0 Å². The molecule has 0 aliphatic rings. The number of hydrogen-bond acceptors (Lipinski definition) is 6. The van der Waals surface area contributed by atoms with E-state index in [-0.39, 0.29) is 5.91 Å². The summed E-state index contributed by atoms with van der Waals surface area (Å²) in [5.41, 5.74) is 0.570. The summed E-state index contributed by atoms with van der Waals surface area (Å²) in [5, 5.41) is 12.2. The van der Waals surface area contributed by atoms with E-state index in [0.29, 0.717) is 24.5 Å². The third-order valence-electron chi connectivity index (χ3n) is 4.20. The molecule has 0 radical (unpaired) electrons. The van der Waals surface area contributed by atoms with Gasteiger partial charge < -0.3 is 19.4 Å². The molecule has 0 bridgehead atoms. The number of ether oxygens (including phenoxy) is 2. The molecule has 1 aromatic heterocycles. The highest BCUT2D eigenvalue weighted by Crippen LogP contribution is 2.18. The first-order valence-corrected chi connectivity index (χ1v) is 10.3. The SMILES string of the molecule is CCn1c(CNC(=O)c2ccc(OC)cc2)nnc1SCCOc1ccccc1. The molecule has 0 fully saturated rings. The minimum Gasteiger partial charge on any atom is -0.497 e. The molecule has 0 atom stereocenters. The Morgan fingerprint density at radius 3 is 2.52 bits per heavy atom. The molecule has 0 saturated heterocycles. The number of aromatic nitrogens is 3. The number of methoxy groups -OCH3 is 1. The zero-order chi connectivity index (χ0) is 20.5. The number of nitrogens with one attached hydrogen (secondary N) is 1. The molecule has 7 nitrogen and oxygen atoms in total. The zero-order valence-corrected chi connectivity index (χ0v) is 17.3. The highest BCUT2D eigenvalue weighted by atomic mass is 32.2. The van der Waals surface area contributed by atoms with E-state index in [2.05, 4.69) is 15.5 Å². The molecule has 0 aliphatic carbocycles. The fourth-order valence-corrected chi connectivity index (χ4v) is 3.53. The quantitative estimate of drug-likeness (QED) is 0.406. The van der Waals surface area contributed by atoms with Crippen LogP contribution in [-0.2, 0) is 13.1 Å². The smallest absolute Gasteiger partial charge is 0.251 e. The molecule has 8 heteroatoms. The first-order chi connectivity index (χ1) is 14.2. The van der Waals surface area contributed by atoms with Gasteiger partial charge in [0.25, 0.3) is 5.91 Å². The minimum absolute atomic E-state index is 0.163. The van der Waals surface area contributed by atoms with E-state index in [4.69, 9.17) is 9.47 Å². The van der Waals surface area contributed by atoms with Gasteiger partial charge >= 0.3 is 0 Å². The molecule has 0 aliphatic heterocycles. The fourth-order valence-electron chi connectivity index (χ4n) is 2.69. The topological polar surface area (TPSA) is 78.3 Å². The molecule has 0 unspecified atom stereocenters.